The molecule has 0 heterocycles. The number of non-ortho nitro benzene ring substituents is 1. The maximum absolute atomic E-state index is 12.3. The number of alkyl halides is 1. The van der Waals surface area contributed by atoms with Crippen molar-refractivity contribution in [2.45, 2.75) is 33.6 Å². The predicted molar refractivity (Wildman–Crippen MR) is 87.0 cm³/mol. The van der Waals surface area contributed by atoms with Crippen LogP contribution in [0.4, 0.5) is 5.69 Å². The molecule has 1 N–H and O–H groups in total. The molecule has 0 atom stereocenters. The number of amides is 1. The number of rotatable bonds is 7. The molecule has 6 heteroatoms. The van der Waals surface area contributed by atoms with E-state index >= 15 is 0 Å². The second kappa shape index (κ2) is 7.54. The summed E-state index contributed by atoms with van der Waals surface area (Å²) in [5, 5.41) is 14.5. The Hall–Kier alpha value is -1.43. The van der Waals surface area contributed by atoms with Crippen LogP contribution in [0.2, 0.25) is 0 Å². The third kappa shape index (κ3) is 4.27. The van der Waals surface area contributed by atoms with Gasteiger partial charge in [-0.3, -0.25) is 14.9 Å². The molecule has 0 saturated carbocycles. The zero-order valence-electron chi connectivity index (χ0n) is 12.6. The van der Waals surface area contributed by atoms with Gasteiger partial charge in [0.1, 0.15) is 0 Å². The van der Waals surface area contributed by atoms with Crippen LogP contribution in [0.25, 0.3) is 0 Å². The second-order valence-corrected chi connectivity index (χ2v) is 5.84. The van der Waals surface area contributed by atoms with Crippen LogP contribution in [-0.2, 0) is 0 Å². The Morgan fingerprint density at radius 2 is 2.00 bits per heavy atom. The zero-order chi connectivity index (χ0) is 16.0. The molecule has 0 unspecified atom stereocenters. The van der Waals surface area contributed by atoms with Crippen molar-refractivity contribution < 1.29 is 9.72 Å². The fraction of sp³-hybridized carbons (Fsp3) is 0.533. The molecule has 0 aromatic heterocycles. The number of nitrogens with zero attached hydrogens (tertiary/aromatic N) is 1. The van der Waals surface area contributed by atoms with Crippen molar-refractivity contribution in [1.82, 2.24) is 5.32 Å². The van der Waals surface area contributed by atoms with Gasteiger partial charge in [-0.1, -0.05) is 35.8 Å². The van der Waals surface area contributed by atoms with Gasteiger partial charge in [-0.25, -0.2) is 0 Å². The van der Waals surface area contributed by atoms with E-state index in [1.54, 1.807) is 13.0 Å². The monoisotopic (exact) mass is 356 g/mol. The number of nitro benzene ring substituents is 1. The van der Waals surface area contributed by atoms with Gasteiger partial charge in [0.15, 0.2) is 0 Å². The fourth-order valence-electron chi connectivity index (χ4n) is 2.07. The average molecular weight is 357 g/mol. The summed E-state index contributed by atoms with van der Waals surface area (Å²) in [6, 6.07) is 4.34. The van der Waals surface area contributed by atoms with Gasteiger partial charge in [0.05, 0.1) is 4.92 Å². The van der Waals surface area contributed by atoms with E-state index in [9.17, 15) is 14.9 Å². The number of aryl methyl sites for hydroxylation is 1. The van der Waals surface area contributed by atoms with Crippen LogP contribution in [0.5, 0.6) is 0 Å². The van der Waals surface area contributed by atoms with Gasteiger partial charge in [0, 0.05) is 29.6 Å². The predicted octanol–water partition coefficient (Wildman–Crippen LogP) is 3.83. The lowest BCUT2D eigenvalue weighted by atomic mass is 9.84. The lowest BCUT2D eigenvalue weighted by Gasteiger charge is -2.29. The van der Waals surface area contributed by atoms with Crippen molar-refractivity contribution in [3.05, 3.63) is 39.4 Å². The summed E-state index contributed by atoms with van der Waals surface area (Å²) < 4.78 is 0. The number of benzene rings is 1. The van der Waals surface area contributed by atoms with Gasteiger partial charge in [-0.2, -0.15) is 0 Å². The maximum atomic E-state index is 12.3. The van der Waals surface area contributed by atoms with Crippen LogP contribution in [0, 0.1) is 22.5 Å². The van der Waals surface area contributed by atoms with E-state index in [0.717, 1.165) is 23.7 Å². The van der Waals surface area contributed by atoms with E-state index in [4.69, 9.17) is 0 Å². The van der Waals surface area contributed by atoms with Crippen LogP contribution in [0.15, 0.2) is 18.2 Å². The molecule has 116 valence electrons. The first-order valence-corrected chi connectivity index (χ1v) is 8.10. The summed E-state index contributed by atoms with van der Waals surface area (Å²) in [5.41, 5.74) is 1.04. The van der Waals surface area contributed by atoms with E-state index in [-0.39, 0.29) is 17.0 Å². The molecule has 1 aromatic carbocycles. The molecule has 1 amide bonds. The van der Waals surface area contributed by atoms with Crippen molar-refractivity contribution in [1.29, 1.82) is 0 Å². The molecule has 1 aromatic rings. The Labute approximate surface area is 133 Å². The quantitative estimate of drug-likeness (QED) is 0.458. The number of carbonyl (C=O) groups is 1. The number of nitro groups is 1. The Morgan fingerprint density at radius 3 is 2.48 bits per heavy atom. The van der Waals surface area contributed by atoms with Crippen molar-refractivity contribution in [2.75, 3.05) is 11.9 Å². The zero-order valence-corrected chi connectivity index (χ0v) is 14.2. The fourth-order valence-corrected chi connectivity index (χ4v) is 3.06. The van der Waals surface area contributed by atoms with E-state index in [1.165, 1.54) is 12.1 Å². The molecule has 0 spiro atoms. The summed E-state index contributed by atoms with van der Waals surface area (Å²) in [5.74, 6) is -0.261. The number of nitrogens with one attached hydrogen (secondary N) is 1. The number of carbonyl (C=O) groups excluding carboxylic acids is 1. The minimum Gasteiger partial charge on any atom is -0.351 e. The lowest BCUT2D eigenvalue weighted by Crippen LogP contribution is -2.38. The lowest BCUT2D eigenvalue weighted by molar-refractivity contribution is -0.384. The normalized spacial score (nSPS) is 11.2. The minimum absolute atomic E-state index is 0.0181. The first-order chi connectivity index (χ1) is 9.89. The molecule has 0 bridgehead atoms. The molecule has 0 saturated heterocycles. The summed E-state index contributed by atoms with van der Waals surface area (Å²) >= 11 is 3.50. The highest BCUT2D eigenvalue weighted by molar-refractivity contribution is 9.09. The van der Waals surface area contributed by atoms with Crippen LogP contribution < -0.4 is 5.32 Å². The summed E-state index contributed by atoms with van der Waals surface area (Å²) in [7, 11) is 0. The van der Waals surface area contributed by atoms with Crippen molar-refractivity contribution in [3.63, 3.8) is 0 Å². The van der Waals surface area contributed by atoms with E-state index in [1.807, 2.05) is 0 Å². The molecular weight excluding hydrogens is 336 g/mol. The van der Waals surface area contributed by atoms with E-state index in [0.29, 0.717) is 12.1 Å². The van der Waals surface area contributed by atoms with E-state index < -0.39 is 4.92 Å². The highest BCUT2D eigenvalue weighted by Crippen LogP contribution is 2.28. The molecule has 1 rings (SSSR count). The highest BCUT2D eigenvalue weighted by atomic mass is 79.9. The first kappa shape index (κ1) is 17.6. The van der Waals surface area contributed by atoms with Gasteiger partial charge in [0.2, 0.25) is 0 Å². The maximum Gasteiger partial charge on any atom is 0.270 e. The van der Waals surface area contributed by atoms with Crippen LogP contribution in [0.3, 0.4) is 0 Å². The third-order valence-electron chi connectivity index (χ3n) is 4.08. The Bertz CT molecular complexity index is 519. The minimum atomic E-state index is -0.489. The Balaban J connectivity index is 2.89. The van der Waals surface area contributed by atoms with Crippen molar-refractivity contribution in [2.24, 2.45) is 5.41 Å². The molecule has 5 nitrogen and oxygen atoms in total. The largest absolute Gasteiger partial charge is 0.351 e. The molecule has 0 fully saturated rings. The van der Waals surface area contributed by atoms with Crippen molar-refractivity contribution >= 4 is 27.5 Å². The van der Waals surface area contributed by atoms with E-state index in [2.05, 4.69) is 35.1 Å². The van der Waals surface area contributed by atoms with Crippen LogP contribution >= 0.6 is 15.9 Å². The second-order valence-electron chi connectivity index (χ2n) is 5.28. The summed E-state index contributed by atoms with van der Waals surface area (Å²) in [6.45, 7) is 6.51. The average Bonchev–Trinajstić information content (AvgIpc) is 2.49. The van der Waals surface area contributed by atoms with Gasteiger partial charge >= 0.3 is 0 Å². The van der Waals surface area contributed by atoms with Gasteiger partial charge < -0.3 is 5.32 Å². The number of hydrogen-bond donors (Lipinski definition) is 1. The number of hydrogen-bond acceptors (Lipinski definition) is 3. The topological polar surface area (TPSA) is 72.2 Å². The highest BCUT2D eigenvalue weighted by Gasteiger charge is 2.26. The Kier molecular flexibility index (Phi) is 6.33. The van der Waals surface area contributed by atoms with Gasteiger partial charge in [-0.05, 0) is 30.7 Å². The smallest absolute Gasteiger partial charge is 0.270 e. The molecule has 0 radical (unpaired) electrons. The Morgan fingerprint density at radius 1 is 1.38 bits per heavy atom. The standard InChI is InChI=1S/C15H21BrN2O3/c1-4-15(5-2,9-16)10-17-14(19)13-8-12(18(20)21)7-6-11(13)3/h6-8H,4-5,9-10H2,1-3H3,(H,17,19). The van der Waals surface area contributed by atoms with Gasteiger partial charge in [-0.15, -0.1) is 0 Å². The molecule has 0 aliphatic rings. The van der Waals surface area contributed by atoms with Crippen molar-refractivity contribution in [3.8, 4) is 0 Å². The number of halogens is 1. The molecule has 21 heavy (non-hydrogen) atoms. The van der Waals surface area contributed by atoms with Crippen LogP contribution in [0.1, 0.15) is 42.6 Å². The van der Waals surface area contributed by atoms with Crippen LogP contribution in [-0.4, -0.2) is 22.7 Å². The molecule has 0 aliphatic heterocycles. The first-order valence-electron chi connectivity index (χ1n) is 6.98. The summed E-state index contributed by atoms with van der Waals surface area (Å²) in [6.07, 6.45) is 1.89. The molecule has 0 aliphatic carbocycles. The summed E-state index contributed by atoms with van der Waals surface area (Å²) in [4.78, 5) is 22.6. The third-order valence-corrected chi connectivity index (χ3v) is 5.27. The van der Waals surface area contributed by atoms with Gasteiger partial charge in [0.25, 0.3) is 11.6 Å². The molecular formula is C15H21BrN2O3. The SMILES string of the molecule is CCC(CC)(CBr)CNC(=O)c1cc([N+](=O)[O-])ccc1C.